The Morgan fingerprint density at radius 2 is 0.806 bits per heavy atom. The molecule has 0 saturated heterocycles. The van der Waals surface area contributed by atoms with E-state index in [2.05, 4.69) is 158 Å². The second-order valence-corrected chi connectivity index (χ2v) is 17.3. The first-order valence-corrected chi connectivity index (χ1v) is 22.3. The molecule has 1 saturated carbocycles. The molecule has 296 valence electrons. The molecule has 0 N–H and O–H groups in total. The summed E-state index contributed by atoms with van der Waals surface area (Å²) in [5.74, 6) is 2.54. The lowest BCUT2D eigenvalue weighted by molar-refractivity contribution is 0.275. The van der Waals surface area contributed by atoms with Crippen molar-refractivity contribution in [1.29, 1.82) is 0 Å². The van der Waals surface area contributed by atoms with E-state index in [0.29, 0.717) is 23.4 Å². The Labute approximate surface area is 363 Å². The highest BCUT2D eigenvalue weighted by atomic mass is 15.0. The predicted molar refractivity (Wildman–Crippen MR) is 254 cm³/mol. The molecule has 3 aliphatic carbocycles. The second kappa shape index (κ2) is 15.0. The quantitative estimate of drug-likeness (QED) is 0.161. The number of rotatable bonds is 7. The van der Waals surface area contributed by atoms with Gasteiger partial charge in [0, 0.05) is 22.1 Å². The number of hydrogen-bond acceptors (Lipinski definition) is 3. The van der Waals surface area contributed by atoms with Crippen molar-refractivity contribution in [2.45, 2.75) is 43.9 Å². The SMILES string of the molecule is c1ccc(-c2nc(-c3ccccc3)nc(-c3cccc(-c4cccc5c4Cc4c(-c6ccc7c(c6)C(c6ccccc6)(C6CCCCC6)c6ccccc6-7)cccc4-5)c3)n2)cc1. The van der Waals surface area contributed by atoms with E-state index >= 15 is 0 Å². The second-order valence-electron chi connectivity index (χ2n) is 17.3. The standard InChI is InChI=1S/C59H45N3/c1-5-18-39(19-6-1)56-60-57(40-20-7-2-8-21-40)62-58(61-56)43-23-15-22-41(36-43)46-29-16-31-48-49-32-17-30-47(53(49)38-52(46)48)42-34-35-51-50-28-13-14-33-54(50)59(55(51)37-42,44-24-9-3-10-25-44)45-26-11-4-12-27-45/h1-3,5-10,13-25,28-37,45H,4,11-12,26-27,38H2. The van der Waals surface area contributed by atoms with Gasteiger partial charge in [0.2, 0.25) is 0 Å². The van der Waals surface area contributed by atoms with E-state index in [1.807, 2.05) is 36.4 Å². The summed E-state index contributed by atoms with van der Waals surface area (Å²) in [7, 11) is 0. The highest BCUT2D eigenvalue weighted by Gasteiger charge is 2.50. The first-order valence-electron chi connectivity index (χ1n) is 22.3. The zero-order valence-electron chi connectivity index (χ0n) is 34.6. The van der Waals surface area contributed by atoms with Crippen LogP contribution in [0.4, 0.5) is 0 Å². The van der Waals surface area contributed by atoms with Crippen molar-refractivity contribution < 1.29 is 0 Å². The Balaban J connectivity index is 0.952. The smallest absolute Gasteiger partial charge is 0.164 e. The van der Waals surface area contributed by atoms with Crippen LogP contribution in [-0.2, 0) is 11.8 Å². The van der Waals surface area contributed by atoms with Crippen molar-refractivity contribution in [3.63, 3.8) is 0 Å². The third-order valence-corrected chi connectivity index (χ3v) is 14.0. The van der Waals surface area contributed by atoms with Crippen LogP contribution < -0.4 is 0 Å². The molecule has 3 heteroatoms. The Bertz CT molecular complexity index is 3070. The van der Waals surface area contributed by atoms with E-state index in [-0.39, 0.29) is 5.41 Å². The summed E-state index contributed by atoms with van der Waals surface area (Å²) in [6.45, 7) is 0. The molecular weight excluding hydrogens is 751 g/mol. The van der Waals surface area contributed by atoms with Gasteiger partial charge in [0.25, 0.3) is 0 Å². The Hall–Kier alpha value is -7.23. The molecule has 62 heavy (non-hydrogen) atoms. The zero-order valence-corrected chi connectivity index (χ0v) is 34.6. The van der Waals surface area contributed by atoms with Crippen LogP contribution in [0.2, 0.25) is 0 Å². The molecule has 1 unspecified atom stereocenters. The predicted octanol–water partition coefficient (Wildman–Crippen LogP) is 14.7. The first kappa shape index (κ1) is 36.6. The van der Waals surface area contributed by atoms with Crippen molar-refractivity contribution >= 4 is 0 Å². The highest BCUT2D eigenvalue weighted by Crippen LogP contribution is 2.60. The normalized spacial score (nSPS) is 16.3. The van der Waals surface area contributed by atoms with E-state index in [4.69, 9.17) is 15.0 Å². The van der Waals surface area contributed by atoms with E-state index in [9.17, 15) is 0 Å². The molecule has 0 bridgehead atoms. The maximum absolute atomic E-state index is 5.06. The lowest BCUT2D eigenvalue weighted by atomic mass is 9.60. The summed E-state index contributed by atoms with van der Waals surface area (Å²) in [5, 5.41) is 0. The monoisotopic (exact) mass is 795 g/mol. The molecule has 1 fully saturated rings. The molecule has 1 heterocycles. The van der Waals surface area contributed by atoms with Gasteiger partial charge in [-0.2, -0.15) is 0 Å². The van der Waals surface area contributed by atoms with Crippen LogP contribution in [0.25, 0.3) is 78.7 Å². The molecule has 12 rings (SSSR count). The van der Waals surface area contributed by atoms with Gasteiger partial charge in [-0.05, 0) is 110 Å². The molecule has 0 radical (unpaired) electrons. The van der Waals surface area contributed by atoms with Gasteiger partial charge in [-0.15, -0.1) is 0 Å². The Morgan fingerprint density at radius 3 is 1.45 bits per heavy atom. The molecule has 0 spiro atoms. The van der Waals surface area contributed by atoms with Crippen LogP contribution in [0.3, 0.4) is 0 Å². The third-order valence-electron chi connectivity index (χ3n) is 14.0. The molecule has 8 aromatic carbocycles. The van der Waals surface area contributed by atoms with E-state index in [1.54, 1.807) is 0 Å². The first-order chi connectivity index (χ1) is 30.7. The highest BCUT2D eigenvalue weighted by molar-refractivity contribution is 5.92. The molecule has 0 aliphatic heterocycles. The lowest BCUT2D eigenvalue weighted by Gasteiger charge is -2.42. The van der Waals surface area contributed by atoms with Crippen LogP contribution >= 0.6 is 0 Å². The van der Waals surface area contributed by atoms with Gasteiger partial charge >= 0.3 is 0 Å². The minimum Gasteiger partial charge on any atom is -0.208 e. The average molecular weight is 796 g/mol. The topological polar surface area (TPSA) is 38.7 Å². The van der Waals surface area contributed by atoms with Crippen LogP contribution in [0.5, 0.6) is 0 Å². The van der Waals surface area contributed by atoms with Crippen molar-refractivity contribution in [2.24, 2.45) is 5.92 Å². The van der Waals surface area contributed by atoms with Crippen molar-refractivity contribution in [3.05, 3.63) is 222 Å². The van der Waals surface area contributed by atoms with Gasteiger partial charge in [-0.1, -0.05) is 201 Å². The van der Waals surface area contributed by atoms with E-state index < -0.39 is 0 Å². The van der Waals surface area contributed by atoms with Gasteiger partial charge < -0.3 is 0 Å². The van der Waals surface area contributed by atoms with Crippen LogP contribution in [0, 0.1) is 5.92 Å². The number of nitrogens with zero attached hydrogens (tertiary/aromatic N) is 3. The van der Waals surface area contributed by atoms with Crippen molar-refractivity contribution in [1.82, 2.24) is 15.0 Å². The fourth-order valence-corrected chi connectivity index (χ4v) is 11.2. The number of benzene rings is 8. The molecule has 9 aromatic rings. The minimum absolute atomic E-state index is 0.176. The third kappa shape index (κ3) is 5.90. The maximum atomic E-state index is 5.06. The Kier molecular flexibility index (Phi) is 8.88. The summed E-state index contributed by atoms with van der Waals surface area (Å²) in [4.78, 5) is 15.1. The van der Waals surface area contributed by atoms with Crippen molar-refractivity contribution in [2.75, 3.05) is 0 Å². The summed E-state index contributed by atoms with van der Waals surface area (Å²) < 4.78 is 0. The summed E-state index contributed by atoms with van der Waals surface area (Å²) >= 11 is 0. The molecular formula is C59H45N3. The summed E-state index contributed by atoms with van der Waals surface area (Å²) in [5.41, 5.74) is 20.3. The molecule has 0 amide bonds. The van der Waals surface area contributed by atoms with Gasteiger partial charge in [-0.3, -0.25) is 0 Å². The van der Waals surface area contributed by atoms with Crippen LogP contribution in [0.15, 0.2) is 194 Å². The fourth-order valence-electron chi connectivity index (χ4n) is 11.2. The fraction of sp³-hybridized carbons (Fsp3) is 0.136. The van der Waals surface area contributed by atoms with Gasteiger partial charge in [0.1, 0.15) is 0 Å². The van der Waals surface area contributed by atoms with Gasteiger partial charge in [0.15, 0.2) is 17.5 Å². The number of hydrogen-bond donors (Lipinski definition) is 0. The maximum Gasteiger partial charge on any atom is 0.164 e. The lowest BCUT2D eigenvalue weighted by Crippen LogP contribution is -2.37. The summed E-state index contributed by atoms with van der Waals surface area (Å²) in [6.07, 6.45) is 7.30. The van der Waals surface area contributed by atoms with Crippen LogP contribution in [0.1, 0.15) is 59.9 Å². The minimum atomic E-state index is -0.176. The zero-order chi connectivity index (χ0) is 41.0. The largest absolute Gasteiger partial charge is 0.208 e. The van der Waals surface area contributed by atoms with Gasteiger partial charge in [-0.25, -0.2) is 15.0 Å². The summed E-state index contributed by atoms with van der Waals surface area (Å²) in [6, 6.07) is 71.0. The van der Waals surface area contributed by atoms with Crippen LogP contribution in [-0.4, -0.2) is 15.0 Å². The van der Waals surface area contributed by atoms with Crippen molar-refractivity contribution in [3.8, 4) is 78.7 Å². The molecule has 1 atom stereocenters. The van der Waals surface area contributed by atoms with Gasteiger partial charge in [0.05, 0.1) is 0 Å². The Morgan fingerprint density at radius 1 is 0.339 bits per heavy atom. The molecule has 1 aromatic heterocycles. The molecule has 3 aliphatic rings. The number of fused-ring (bicyclic) bond motifs is 6. The number of aromatic nitrogens is 3. The molecule has 3 nitrogen and oxygen atoms in total. The van der Waals surface area contributed by atoms with E-state index in [0.717, 1.165) is 28.7 Å². The van der Waals surface area contributed by atoms with E-state index in [1.165, 1.54) is 98.9 Å². The average Bonchev–Trinajstić information content (AvgIpc) is 3.89.